The molecule has 0 heterocycles. The van der Waals surface area contributed by atoms with Crippen molar-refractivity contribution >= 4 is 22.6 Å². The number of nitrogens with one attached hydrogen (secondary N) is 1. The standard InChI is InChI=1S/C24H25NO4/c1-16(12-13-18-8-4-3-5-9-18)29-22-20-11-7-6-10-19(20)14-15-21(22)23(26)25-17(2)24(27)28/h3-11,14-17H,12-13H2,1-2H3,(H,25,26)(H,27,28)/t16?,17-/m0/s1. The lowest BCUT2D eigenvalue weighted by Crippen LogP contribution is -2.38. The summed E-state index contributed by atoms with van der Waals surface area (Å²) in [6.45, 7) is 3.41. The summed E-state index contributed by atoms with van der Waals surface area (Å²) in [7, 11) is 0. The Morgan fingerprint density at radius 3 is 2.38 bits per heavy atom. The van der Waals surface area contributed by atoms with Gasteiger partial charge in [-0.25, -0.2) is 0 Å². The molecule has 0 spiro atoms. The monoisotopic (exact) mass is 391 g/mol. The third-order valence-electron chi connectivity index (χ3n) is 4.84. The van der Waals surface area contributed by atoms with Crippen LogP contribution in [0.2, 0.25) is 0 Å². The second kappa shape index (κ2) is 9.24. The summed E-state index contributed by atoms with van der Waals surface area (Å²) in [6.07, 6.45) is 1.54. The highest BCUT2D eigenvalue weighted by Gasteiger charge is 2.21. The Hall–Kier alpha value is -3.34. The van der Waals surface area contributed by atoms with Crippen LogP contribution in [0.1, 0.15) is 36.2 Å². The molecule has 5 heteroatoms. The fourth-order valence-corrected chi connectivity index (χ4v) is 3.16. The van der Waals surface area contributed by atoms with Gasteiger partial charge in [0.25, 0.3) is 5.91 Å². The molecule has 0 aliphatic carbocycles. The molecule has 3 rings (SSSR count). The number of aliphatic carboxylic acids is 1. The largest absolute Gasteiger partial charge is 0.489 e. The van der Waals surface area contributed by atoms with Gasteiger partial charge in [-0.1, -0.05) is 60.7 Å². The second-order valence-corrected chi connectivity index (χ2v) is 7.15. The van der Waals surface area contributed by atoms with Crippen LogP contribution < -0.4 is 10.1 Å². The van der Waals surface area contributed by atoms with E-state index in [1.807, 2.05) is 55.5 Å². The lowest BCUT2D eigenvalue weighted by molar-refractivity contribution is -0.138. The fraction of sp³-hybridized carbons (Fsp3) is 0.250. The highest BCUT2D eigenvalue weighted by Crippen LogP contribution is 2.31. The van der Waals surface area contributed by atoms with Crippen LogP contribution in [0.3, 0.4) is 0 Å². The summed E-state index contributed by atoms with van der Waals surface area (Å²) < 4.78 is 6.24. The average molecular weight is 391 g/mol. The number of carbonyl (C=O) groups excluding carboxylic acids is 1. The molecule has 150 valence electrons. The van der Waals surface area contributed by atoms with Crippen molar-refractivity contribution in [3.05, 3.63) is 77.9 Å². The van der Waals surface area contributed by atoms with Crippen LogP contribution >= 0.6 is 0 Å². The summed E-state index contributed by atoms with van der Waals surface area (Å²) in [5.74, 6) is -1.06. The van der Waals surface area contributed by atoms with Gasteiger partial charge in [-0.3, -0.25) is 9.59 Å². The molecule has 1 unspecified atom stereocenters. The average Bonchev–Trinajstić information content (AvgIpc) is 2.73. The van der Waals surface area contributed by atoms with Gasteiger partial charge in [0, 0.05) is 5.39 Å². The Bertz CT molecular complexity index is 1000. The third kappa shape index (κ3) is 5.13. The summed E-state index contributed by atoms with van der Waals surface area (Å²) >= 11 is 0. The Morgan fingerprint density at radius 1 is 0.966 bits per heavy atom. The third-order valence-corrected chi connectivity index (χ3v) is 4.84. The molecular weight excluding hydrogens is 366 g/mol. The van der Waals surface area contributed by atoms with Gasteiger partial charge < -0.3 is 15.2 Å². The van der Waals surface area contributed by atoms with E-state index in [0.717, 1.165) is 23.6 Å². The van der Waals surface area contributed by atoms with Gasteiger partial charge in [-0.05, 0) is 43.7 Å². The maximum Gasteiger partial charge on any atom is 0.325 e. The number of carbonyl (C=O) groups is 2. The Kier molecular flexibility index (Phi) is 6.50. The number of amides is 1. The second-order valence-electron chi connectivity index (χ2n) is 7.15. The van der Waals surface area contributed by atoms with Gasteiger partial charge in [0.2, 0.25) is 0 Å². The first-order valence-electron chi connectivity index (χ1n) is 9.71. The van der Waals surface area contributed by atoms with E-state index in [4.69, 9.17) is 9.84 Å². The quantitative estimate of drug-likeness (QED) is 0.595. The zero-order valence-electron chi connectivity index (χ0n) is 16.6. The van der Waals surface area contributed by atoms with Crippen molar-refractivity contribution in [1.82, 2.24) is 5.32 Å². The number of hydrogen-bond donors (Lipinski definition) is 2. The number of aryl methyl sites for hydroxylation is 1. The highest BCUT2D eigenvalue weighted by molar-refractivity contribution is 6.04. The van der Waals surface area contributed by atoms with Crippen molar-refractivity contribution in [2.75, 3.05) is 0 Å². The zero-order chi connectivity index (χ0) is 20.8. The minimum Gasteiger partial charge on any atom is -0.489 e. The van der Waals surface area contributed by atoms with Crippen LogP contribution in [0, 0.1) is 0 Å². The molecule has 0 aliphatic rings. The van der Waals surface area contributed by atoms with Gasteiger partial charge in [0.1, 0.15) is 11.8 Å². The van der Waals surface area contributed by atoms with Crippen LogP contribution in [0.25, 0.3) is 10.8 Å². The minimum atomic E-state index is -1.09. The van der Waals surface area contributed by atoms with Crippen molar-refractivity contribution in [3.8, 4) is 5.75 Å². The normalized spacial score (nSPS) is 12.9. The number of benzene rings is 3. The van der Waals surface area contributed by atoms with Crippen LogP contribution in [-0.2, 0) is 11.2 Å². The molecule has 2 atom stereocenters. The van der Waals surface area contributed by atoms with Crippen LogP contribution in [-0.4, -0.2) is 29.1 Å². The van der Waals surface area contributed by atoms with E-state index in [1.165, 1.54) is 12.5 Å². The van der Waals surface area contributed by atoms with E-state index in [-0.39, 0.29) is 6.10 Å². The lowest BCUT2D eigenvalue weighted by atomic mass is 10.0. The number of carboxylic acids is 1. The van der Waals surface area contributed by atoms with Crippen molar-refractivity contribution in [1.29, 1.82) is 0 Å². The molecular formula is C24H25NO4. The number of ether oxygens (including phenoxy) is 1. The maximum absolute atomic E-state index is 12.7. The molecule has 0 radical (unpaired) electrons. The van der Waals surface area contributed by atoms with Gasteiger partial charge in [0.15, 0.2) is 0 Å². The Labute approximate surface area is 170 Å². The predicted octanol–water partition coefficient (Wildman–Crippen LogP) is 4.44. The molecule has 0 bridgehead atoms. The van der Waals surface area contributed by atoms with Gasteiger partial charge in [0.05, 0.1) is 11.7 Å². The molecule has 0 aromatic heterocycles. The first-order valence-corrected chi connectivity index (χ1v) is 9.71. The first-order chi connectivity index (χ1) is 14.0. The van der Waals surface area contributed by atoms with Crippen molar-refractivity contribution in [2.45, 2.75) is 38.8 Å². The number of rotatable bonds is 8. The van der Waals surface area contributed by atoms with Crippen molar-refractivity contribution < 1.29 is 19.4 Å². The molecule has 0 aliphatic heterocycles. The maximum atomic E-state index is 12.7. The smallest absolute Gasteiger partial charge is 0.325 e. The van der Waals surface area contributed by atoms with E-state index in [0.29, 0.717) is 11.3 Å². The summed E-state index contributed by atoms with van der Waals surface area (Å²) in [5.41, 5.74) is 1.57. The van der Waals surface area contributed by atoms with Crippen LogP contribution in [0.4, 0.5) is 0 Å². The summed E-state index contributed by atoms with van der Waals surface area (Å²) in [6, 6.07) is 20.4. The topological polar surface area (TPSA) is 75.6 Å². The number of hydrogen-bond acceptors (Lipinski definition) is 3. The van der Waals surface area contributed by atoms with E-state index in [2.05, 4.69) is 17.4 Å². The van der Waals surface area contributed by atoms with Crippen molar-refractivity contribution in [3.63, 3.8) is 0 Å². The Morgan fingerprint density at radius 2 is 1.66 bits per heavy atom. The van der Waals surface area contributed by atoms with Crippen LogP contribution in [0.5, 0.6) is 5.75 Å². The Balaban J connectivity index is 1.85. The lowest BCUT2D eigenvalue weighted by Gasteiger charge is -2.20. The molecule has 3 aromatic carbocycles. The van der Waals surface area contributed by atoms with E-state index >= 15 is 0 Å². The van der Waals surface area contributed by atoms with E-state index in [9.17, 15) is 9.59 Å². The van der Waals surface area contributed by atoms with Gasteiger partial charge in [-0.2, -0.15) is 0 Å². The highest BCUT2D eigenvalue weighted by atomic mass is 16.5. The molecule has 1 amide bonds. The summed E-state index contributed by atoms with van der Waals surface area (Å²) in [4.78, 5) is 23.8. The molecule has 29 heavy (non-hydrogen) atoms. The fourth-order valence-electron chi connectivity index (χ4n) is 3.16. The number of carboxylic acid groups (broad SMARTS) is 1. The molecule has 0 fully saturated rings. The molecule has 5 nitrogen and oxygen atoms in total. The number of fused-ring (bicyclic) bond motifs is 1. The van der Waals surface area contributed by atoms with E-state index < -0.39 is 17.9 Å². The minimum absolute atomic E-state index is 0.121. The first kappa shape index (κ1) is 20.4. The molecule has 2 N–H and O–H groups in total. The zero-order valence-corrected chi connectivity index (χ0v) is 16.6. The molecule has 0 saturated heterocycles. The summed E-state index contributed by atoms with van der Waals surface area (Å²) in [5, 5.41) is 13.4. The molecule has 0 saturated carbocycles. The van der Waals surface area contributed by atoms with Crippen LogP contribution in [0.15, 0.2) is 66.7 Å². The SMILES string of the molecule is CC(CCc1ccccc1)Oc1c(C(=O)N[C@@H](C)C(=O)O)ccc2ccccc12. The van der Waals surface area contributed by atoms with E-state index in [1.54, 1.807) is 6.07 Å². The van der Waals surface area contributed by atoms with Gasteiger partial charge >= 0.3 is 5.97 Å². The predicted molar refractivity (Wildman–Crippen MR) is 113 cm³/mol. The van der Waals surface area contributed by atoms with Gasteiger partial charge in [-0.15, -0.1) is 0 Å². The molecule has 3 aromatic rings. The van der Waals surface area contributed by atoms with Crippen molar-refractivity contribution in [2.24, 2.45) is 0 Å².